The number of nitrogens with zero attached hydrogens (tertiary/aromatic N) is 4. The zero-order valence-corrected chi connectivity index (χ0v) is 26.3. The zero-order chi connectivity index (χ0) is 31.7. The molecule has 1 atom stereocenters. The van der Waals surface area contributed by atoms with Crippen LogP contribution in [0, 0.1) is 0 Å². The number of nitrogens with one attached hydrogen (secondary N) is 3. The number of rotatable bonds is 7. The van der Waals surface area contributed by atoms with Crippen molar-refractivity contribution in [3.8, 4) is 10.4 Å². The predicted molar refractivity (Wildman–Crippen MR) is 173 cm³/mol. The van der Waals surface area contributed by atoms with Crippen molar-refractivity contribution in [1.82, 2.24) is 24.8 Å². The van der Waals surface area contributed by atoms with Gasteiger partial charge in [-0.3, -0.25) is 24.3 Å². The standard InChI is InChI=1S/C31H29N7O5S2/c1-31(2,3)43-30(42)37-24-12-22-18(13-32-24)11-19(44-22)14-34-26(39)21-9-10-25-33-15-20(29(41)38(21)25)36-27(40)28-35-16-23(45-28)17-7-5-4-6-8-17/h4-8,11-13,15-16,21H,9-10,14H2,1-3H3,(H,34,39)(H,36,40)(H,32,37,42)/t21-/m0/s1. The molecule has 0 saturated heterocycles. The van der Waals surface area contributed by atoms with Crippen LogP contribution in [0.3, 0.4) is 0 Å². The van der Waals surface area contributed by atoms with Gasteiger partial charge in [0.1, 0.15) is 29.0 Å². The fourth-order valence-electron chi connectivity index (χ4n) is 4.87. The maximum Gasteiger partial charge on any atom is 0.413 e. The molecule has 1 aliphatic rings. The number of thiazole rings is 1. The van der Waals surface area contributed by atoms with E-state index in [9.17, 15) is 19.2 Å². The summed E-state index contributed by atoms with van der Waals surface area (Å²) in [6.07, 6.45) is 4.87. The van der Waals surface area contributed by atoms with Gasteiger partial charge in [0.2, 0.25) is 5.91 Å². The van der Waals surface area contributed by atoms with Crippen LogP contribution in [0.4, 0.5) is 16.3 Å². The maximum atomic E-state index is 13.4. The number of aryl methyl sites for hydroxylation is 1. The minimum absolute atomic E-state index is 0.0206. The smallest absolute Gasteiger partial charge is 0.413 e. The molecule has 12 nitrogen and oxygen atoms in total. The number of pyridine rings is 1. The largest absolute Gasteiger partial charge is 0.444 e. The van der Waals surface area contributed by atoms with Gasteiger partial charge in [0.25, 0.3) is 11.5 Å². The van der Waals surface area contributed by atoms with E-state index < -0.39 is 29.2 Å². The number of fused-ring (bicyclic) bond motifs is 2. The Kier molecular flexibility index (Phi) is 8.16. The van der Waals surface area contributed by atoms with Gasteiger partial charge in [-0.1, -0.05) is 30.3 Å². The first-order valence-corrected chi connectivity index (χ1v) is 15.8. The van der Waals surface area contributed by atoms with Gasteiger partial charge in [0.15, 0.2) is 5.01 Å². The maximum absolute atomic E-state index is 13.4. The van der Waals surface area contributed by atoms with Gasteiger partial charge in [0, 0.05) is 33.8 Å². The second kappa shape index (κ2) is 12.2. The van der Waals surface area contributed by atoms with Gasteiger partial charge < -0.3 is 15.4 Å². The summed E-state index contributed by atoms with van der Waals surface area (Å²) in [6, 6.07) is 12.5. The van der Waals surface area contributed by atoms with E-state index in [1.165, 1.54) is 33.4 Å². The van der Waals surface area contributed by atoms with Crippen LogP contribution in [-0.2, 0) is 22.5 Å². The number of aromatic nitrogens is 4. The highest BCUT2D eigenvalue weighted by Gasteiger charge is 2.31. The quantitative estimate of drug-likeness (QED) is 0.213. The molecule has 14 heteroatoms. The van der Waals surface area contributed by atoms with E-state index in [0.717, 1.165) is 25.4 Å². The average Bonchev–Trinajstić information content (AvgIpc) is 3.75. The summed E-state index contributed by atoms with van der Waals surface area (Å²) in [6.45, 7) is 5.58. The zero-order valence-electron chi connectivity index (χ0n) is 24.6. The highest BCUT2D eigenvalue weighted by molar-refractivity contribution is 7.19. The van der Waals surface area contributed by atoms with E-state index in [4.69, 9.17) is 4.74 Å². The number of ether oxygens (including phenoxy) is 1. The van der Waals surface area contributed by atoms with Crippen LogP contribution in [0.1, 0.15) is 53.7 Å². The molecule has 1 aromatic carbocycles. The summed E-state index contributed by atoms with van der Waals surface area (Å²) >= 11 is 2.67. The Hall–Kier alpha value is -4.95. The van der Waals surface area contributed by atoms with Gasteiger partial charge in [0.05, 0.1) is 17.6 Å². The fourth-order valence-corrected chi connectivity index (χ4v) is 6.70. The number of benzene rings is 1. The van der Waals surface area contributed by atoms with Crippen molar-refractivity contribution in [3.05, 3.63) is 87.1 Å². The number of thiophene rings is 1. The number of hydrogen-bond acceptors (Lipinski definition) is 10. The second-order valence-corrected chi connectivity index (χ2v) is 13.5. The molecule has 0 aliphatic carbocycles. The van der Waals surface area contributed by atoms with Gasteiger partial charge >= 0.3 is 6.09 Å². The molecule has 0 radical (unpaired) electrons. The van der Waals surface area contributed by atoms with E-state index in [1.807, 2.05) is 36.4 Å². The Morgan fingerprint density at radius 3 is 2.58 bits per heavy atom. The molecule has 0 unspecified atom stereocenters. The SMILES string of the molecule is CC(C)(C)OC(=O)Nc1cc2sc(CNC(=O)[C@@H]3CCc4ncc(NC(=O)c5ncc(-c6ccccc6)s5)c(=O)n43)cc2cn1. The monoisotopic (exact) mass is 643 g/mol. The lowest BCUT2D eigenvalue weighted by Crippen LogP contribution is -2.36. The third-order valence-corrected chi connectivity index (χ3v) is 8.99. The molecular weight excluding hydrogens is 615 g/mol. The third-order valence-electron chi connectivity index (χ3n) is 6.85. The molecule has 5 aromatic rings. The minimum Gasteiger partial charge on any atom is -0.444 e. The summed E-state index contributed by atoms with van der Waals surface area (Å²) in [5.74, 6) is -0.00419. The number of carbonyl (C=O) groups excluding carboxylic acids is 3. The van der Waals surface area contributed by atoms with Crippen LogP contribution < -0.4 is 21.5 Å². The lowest BCUT2D eigenvalue weighted by atomic mass is 10.2. The first-order chi connectivity index (χ1) is 21.5. The van der Waals surface area contributed by atoms with Gasteiger partial charge in [-0.15, -0.1) is 22.7 Å². The van der Waals surface area contributed by atoms with Gasteiger partial charge in [-0.25, -0.2) is 19.7 Å². The Balaban J connectivity index is 1.11. The Morgan fingerprint density at radius 2 is 1.80 bits per heavy atom. The van der Waals surface area contributed by atoms with E-state index in [1.54, 1.807) is 39.2 Å². The molecule has 0 spiro atoms. The normalized spacial score (nSPS) is 14.2. The van der Waals surface area contributed by atoms with E-state index in [0.29, 0.717) is 24.5 Å². The number of amides is 3. The molecule has 0 fully saturated rings. The predicted octanol–water partition coefficient (Wildman–Crippen LogP) is 5.38. The lowest BCUT2D eigenvalue weighted by Gasteiger charge is -2.19. The Morgan fingerprint density at radius 1 is 1.00 bits per heavy atom. The molecular formula is C31H29N7O5S2. The molecule has 230 valence electrons. The van der Waals surface area contributed by atoms with Crippen LogP contribution in [0.2, 0.25) is 0 Å². The topological polar surface area (TPSA) is 157 Å². The molecule has 0 saturated carbocycles. The summed E-state index contributed by atoms with van der Waals surface area (Å²) in [5.41, 5.74) is -0.209. The summed E-state index contributed by atoms with van der Waals surface area (Å²) < 4.78 is 7.51. The number of anilines is 2. The summed E-state index contributed by atoms with van der Waals surface area (Å²) in [7, 11) is 0. The van der Waals surface area contributed by atoms with Gasteiger partial charge in [-0.05, 0) is 44.9 Å². The summed E-state index contributed by atoms with van der Waals surface area (Å²) in [4.78, 5) is 66.3. The van der Waals surface area contributed by atoms with Crippen LogP contribution in [0.15, 0.2) is 65.8 Å². The molecule has 3 amide bonds. The van der Waals surface area contributed by atoms with Crippen molar-refractivity contribution in [2.45, 2.75) is 51.8 Å². The van der Waals surface area contributed by atoms with Crippen LogP contribution in [-0.4, -0.2) is 43.0 Å². The van der Waals surface area contributed by atoms with Crippen molar-refractivity contribution in [1.29, 1.82) is 0 Å². The van der Waals surface area contributed by atoms with Crippen molar-refractivity contribution in [2.75, 3.05) is 10.6 Å². The molecule has 3 N–H and O–H groups in total. The summed E-state index contributed by atoms with van der Waals surface area (Å²) in [5, 5.41) is 9.25. The third kappa shape index (κ3) is 6.76. The van der Waals surface area contributed by atoms with Crippen molar-refractivity contribution < 1.29 is 19.1 Å². The molecule has 6 rings (SSSR count). The average molecular weight is 644 g/mol. The lowest BCUT2D eigenvalue weighted by molar-refractivity contribution is -0.124. The Bertz CT molecular complexity index is 1980. The van der Waals surface area contributed by atoms with Crippen LogP contribution >= 0.6 is 22.7 Å². The molecule has 0 bridgehead atoms. The number of hydrogen-bond donors (Lipinski definition) is 3. The Labute approximate surface area is 265 Å². The second-order valence-electron chi connectivity index (χ2n) is 11.3. The number of carbonyl (C=O) groups is 3. The molecule has 45 heavy (non-hydrogen) atoms. The first-order valence-electron chi connectivity index (χ1n) is 14.1. The van der Waals surface area contributed by atoms with Crippen LogP contribution in [0.25, 0.3) is 20.5 Å². The molecule has 5 heterocycles. The fraction of sp³-hybridized carbons (Fsp3) is 0.258. The minimum atomic E-state index is -0.762. The van der Waals surface area contributed by atoms with E-state index in [-0.39, 0.29) is 23.1 Å². The first kappa shape index (κ1) is 30.1. The molecule has 4 aromatic heterocycles. The van der Waals surface area contributed by atoms with Crippen molar-refractivity contribution in [2.24, 2.45) is 0 Å². The highest BCUT2D eigenvalue weighted by atomic mass is 32.1. The van der Waals surface area contributed by atoms with E-state index in [2.05, 4.69) is 30.9 Å². The van der Waals surface area contributed by atoms with Crippen molar-refractivity contribution >= 4 is 62.2 Å². The molecule has 1 aliphatic heterocycles. The van der Waals surface area contributed by atoms with Crippen molar-refractivity contribution in [3.63, 3.8) is 0 Å². The van der Waals surface area contributed by atoms with Crippen LogP contribution in [0.5, 0.6) is 0 Å². The highest BCUT2D eigenvalue weighted by Crippen LogP contribution is 2.29. The van der Waals surface area contributed by atoms with Gasteiger partial charge in [-0.2, -0.15) is 0 Å². The van der Waals surface area contributed by atoms with E-state index >= 15 is 0 Å².